The van der Waals surface area contributed by atoms with E-state index in [1.165, 1.54) is 5.56 Å². The highest BCUT2D eigenvalue weighted by atomic mass is 32.2. The van der Waals surface area contributed by atoms with Crippen molar-refractivity contribution in [3.8, 4) is 5.75 Å². The molecular weight excluding hydrogens is 284 g/mol. The number of nitrogens with one attached hydrogen (secondary N) is 1. The molecule has 1 N–H and O–H groups in total. The number of thioether (sulfide) groups is 1. The topological polar surface area (TPSA) is 52.0 Å². The molecule has 0 bridgehead atoms. The Kier molecular flexibility index (Phi) is 6.07. The number of aromatic nitrogens is 3. The van der Waals surface area contributed by atoms with Crippen LogP contribution in [0.2, 0.25) is 0 Å². The van der Waals surface area contributed by atoms with Crippen molar-refractivity contribution in [2.75, 3.05) is 19.4 Å². The van der Waals surface area contributed by atoms with Gasteiger partial charge in [-0.2, -0.15) is 0 Å². The fraction of sp³-hybridized carbons (Fsp3) is 0.467. The Morgan fingerprint density at radius 3 is 2.67 bits per heavy atom. The summed E-state index contributed by atoms with van der Waals surface area (Å²) in [6, 6.07) is 8.56. The van der Waals surface area contributed by atoms with Gasteiger partial charge in [0, 0.05) is 18.8 Å². The van der Waals surface area contributed by atoms with Gasteiger partial charge in [0.05, 0.1) is 6.61 Å². The van der Waals surface area contributed by atoms with Gasteiger partial charge in [-0.05, 0) is 31.2 Å². The van der Waals surface area contributed by atoms with E-state index in [1.807, 2.05) is 30.8 Å². The summed E-state index contributed by atoms with van der Waals surface area (Å²) in [6.45, 7) is 2.87. The molecule has 0 saturated carbocycles. The minimum absolute atomic E-state index is 0.270. The number of hydrogen-bond acceptors (Lipinski definition) is 5. The van der Waals surface area contributed by atoms with E-state index >= 15 is 0 Å². The van der Waals surface area contributed by atoms with Crippen molar-refractivity contribution in [1.29, 1.82) is 0 Å². The zero-order valence-corrected chi connectivity index (χ0v) is 13.6. The van der Waals surface area contributed by atoms with Crippen LogP contribution in [-0.4, -0.2) is 34.2 Å². The second-order valence-corrected chi connectivity index (χ2v) is 5.78. The summed E-state index contributed by atoms with van der Waals surface area (Å²) in [7, 11) is 3.93. The molecule has 1 atom stereocenters. The molecule has 1 unspecified atom stereocenters. The smallest absolute Gasteiger partial charge is 0.190 e. The summed E-state index contributed by atoms with van der Waals surface area (Å²) >= 11 is 1.69. The van der Waals surface area contributed by atoms with E-state index in [0.29, 0.717) is 0 Å². The molecule has 6 heteroatoms. The second kappa shape index (κ2) is 8.05. The fourth-order valence-corrected chi connectivity index (χ4v) is 2.95. The van der Waals surface area contributed by atoms with Crippen LogP contribution in [-0.2, 0) is 7.05 Å². The minimum Gasteiger partial charge on any atom is -0.494 e. The van der Waals surface area contributed by atoms with Gasteiger partial charge in [-0.25, -0.2) is 0 Å². The first-order chi connectivity index (χ1) is 10.2. The van der Waals surface area contributed by atoms with Crippen molar-refractivity contribution in [2.24, 2.45) is 7.05 Å². The fourth-order valence-electron chi connectivity index (χ4n) is 1.92. The van der Waals surface area contributed by atoms with E-state index in [0.717, 1.165) is 29.7 Å². The lowest BCUT2D eigenvalue weighted by molar-refractivity contribution is 0.317. The molecule has 114 valence electrons. The molecule has 0 aliphatic heterocycles. The zero-order chi connectivity index (χ0) is 15.1. The first kappa shape index (κ1) is 15.9. The number of ether oxygens (including phenoxy) is 1. The maximum atomic E-state index is 5.61. The summed E-state index contributed by atoms with van der Waals surface area (Å²) < 4.78 is 7.54. The highest BCUT2D eigenvalue weighted by molar-refractivity contribution is 7.99. The minimum atomic E-state index is 0.270. The molecule has 2 rings (SSSR count). The third-order valence-corrected chi connectivity index (χ3v) is 4.28. The van der Waals surface area contributed by atoms with E-state index in [9.17, 15) is 0 Å². The predicted octanol–water partition coefficient (Wildman–Crippen LogP) is 2.66. The summed E-state index contributed by atoms with van der Waals surface area (Å²) in [5.74, 6) is 1.83. The summed E-state index contributed by atoms with van der Waals surface area (Å²) in [5.41, 5.74) is 1.25. The molecule has 2 aromatic rings. The van der Waals surface area contributed by atoms with Crippen LogP contribution in [0.1, 0.15) is 24.9 Å². The van der Waals surface area contributed by atoms with Gasteiger partial charge in [0.2, 0.25) is 0 Å². The number of rotatable bonds is 8. The average Bonchev–Trinajstić information content (AvgIpc) is 2.92. The zero-order valence-electron chi connectivity index (χ0n) is 12.7. The summed E-state index contributed by atoms with van der Waals surface area (Å²) in [6.07, 6.45) is 2.74. The molecule has 21 heavy (non-hydrogen) atoms. The van der Waals surface area contributed by atoms with E-state index in [1.54, 1.807) is 18.1 Å². The predicted molar refractivity (Wildman–Crippen MR) is 85.8 cm³/mol. The van der Waals surface area contributed by atoms with Crippen molar-refractivity contribution in [3.63, 3.8) is 0 Å². The van der Waals surface area contributed by atoms with Crippen LogP contribution in [0.3, 0.4) is 0 Å². The Labute approximate surface area is 130 Å². The molecule has 0 saturated heterocycles. The number of hydrogen-bond donors (Lipinski definition) is 1. The van der Waals surface area contributed by atoms with Gasteiger partial charge in [0.25, 0.3) is 0 Å². The molecule has 0 aliphatic carbocycles. The Morgan fingerprint density at radius 1 is 1.33 bits per heavy atom. The number of benzene rings is 1. The maximum absolute atomic E-state index is 5.61. The standard InChI is InChI=1S/C15H22N4OS/c1-4-9-20-13-7-5-12(6-8-13)14(16-2)10-21-15-18-17-11-19(15)3/h5-8,11,14,16H,4,9-10H2,1-3H3. The molecule has 1 heterocycles. The van der Waals surface area contributed by atoms with Gasteiger partial charge in [0.1, 0.15) is 12.1 Å². The second-order valence-electron chi connectivity index (χ2n) is 4.79. The van der Waals surface area contributed by atoms with E-state index in [-0.39, 0.29) is 6.04 Å². The van der Waals surface area contributed by atoms with Crippen molar-refractivity contribution in [2.45, 2.75) is 24.5 Å². The van der Waals surface area contributed by atoms with Crippen LogP contribution >= 0.6 is 11.8 Å². The lowest BCUT2D eigenvalue weighted by Gasteiger charge is -2.16. The molecule has 0 amide bonds. The van der Waals surface area contributed by atoms with Crippen LogP contribution in [0.4, 0.5) is 0 Å². The van der Waals surface area contributed by atoms with Crippen LogP contribution in [0.15, 0.2) is 35.7 Å². The van der Waals surface area contributed by atoms with E-state index in [2.05, 4.69) is 34.6 Å². The van der Waals surface area contributed by atoms with Crippen molar-refractivity contribution in [3.05, 3.63) is 36.2 Å². The van der Waals surface area contributed by atoms with Crippen LogP contribution in [0, 0.1) is 0 Å². The van der Waals surface area contributed by atoms with Crippen molar-refractivity contribution >= 4 is 11.8 Å². The van der Waals surface area contributed by atoms with Gasteiger partial charge >= 0.3 is 0 Å². The highest BCUT2D eigenvalue weighted by Crippen LogP contribution is 2.24. The molecular formula is C15H22N4OS. The molecule has 1 aromatic carbocycles. The molecule has 0 spiro atoms. The first-order valence-electron chi connectivity index (χ1n) is 7.11. The van der Waals surface area contributed by atoms with E-state index in [4.69, 9.17) is 4.74 Å². The van der Waals surface area contributed by atoms with Crippen molar-refractivity contribution < 1.29 is 4.74 Å². The molecule has 5 nitrogen and oxygen atoms in total. The van der Waals surface area contributed by atoms with Gasteiger partial charge in [-0.3, -0.25) is 0 Å². The molecule has 0 aliphatic rings. The normalized spacial score (nSPS) is 12.3. The SMILES string of the molecule is CCCOc1ccc(C(CSc2nncn2C)NC)cc1. The van der Waals surface area contributed by atoms with Gasteiger partial charge in [-0.1, -0.05) is 30.8 Å². The Bertz CT molecular complexity index is 541. The maximum Gasteiger partial charge on any atom is 0.190 e. The highest BCUT2D eigenvalue weighted by Gasteiger charge is 2.12. The van der Waals surface area contributed by atoms with Crippen LogP contribution in [0.25, 0.3) is 0 Å². The van der Waals surface area contributed by atoms with Crippen LogP contribution in [0.5, 0.6) is 5.75 Å². The van der Waals surface area contributed by atoms with Gasteiger partial charge < -0.3 is 14.6 Å². The van der Waals surface area contributed by atoms with E-state index < -0.39 is 0 Å². The van der Waals surface area contributed by atoms with Gasteiger partial charge in [0.15, 0.2) is 5.16 Å². The summed E-state index contributed by atoms with van der Waals surface area (Å²) in [5, 5.41) is 12.3. The monoisotopic (exact) mass is 306 g/mol. The lowest BCUT2D eigenvalue weighted by atomic mass is 10.1. The Morgan fingerprint density at radius 2 is 2.10 bits per heavy atom. The largest absolute Gasteiger partial charge is 0.494 e. The molecule has 1 aromatic heterocycles. The number of nitrogens with zero attached hydrogens (tertiary/aromatic N) is 3. The third-order valence-electron chi connectivity index (χ3n) is 3.15. The molecule has 0 radical (unpaired) electrons. The summed E-state index contributed by atoms with van der Waals surface area (Å²) in [4.78, 5) is 0. The Balaban J connectivity index is 1.95. The quantitative estimate of drug-likeness (QED) is 0.760. The Hall–Kier alpha value is -1.53. The molecule has 0 fully saturated rings. The van der Waals surface area contributed by atoms with Crippen molar-refractivity contribution in [1.82, 2.24) is 20.1 Å². The van der Waals surface area contributed by atoms with Crippen LogP contribution < -0.4 is 10.1 Å². The average molecular weight is 306 g/mol. The van der Waals surface area contributed by atoms with Gasteiger partial charge in [-0.15, -0.1) is 10.2 Å². The number of aryl methyl sites for hydroxylation is 1. The lowest BCUT2D eigenvalue weighted by Crippen LogP contribution is -2.18. The first-order valence-corrected chi connectivity index (χ1v) is 8.10. The third kappa shape index (κ3) is 4.47.